The lowest BCUT2D eigenvalue weighted by Gasteiger charge is -2.14. The summed E-state index contributed by atoms with van der Waals surface area (Å²) in [5.74, 6) is -0.223. The molecule has 6 aromatic rings. The summed E-state index contributed by atoms with van der Waals surface area (Å²) in [5, 5.41) is 17.4. The lowest BCUT2D eigenvalue weighted by molar-refractivity contribution is 0.331. The molecule has 1 saturated heterocycles. The standard InChI is InChI=1S/C28H23FN8O/c29-19-10-17(11-20(38)12-19)24-25-22(5-6-31-24)33-28(34-25)27-26-23(35-36-27)4-3-21(32-26)18-9-16(13-30-14-18)15-37-7-1-2-8-37/h3-6,9-14,38H,1-2,7-8,15H2,(H,33,34)(H,35,36). The van der Waals surface area contributed by atoms with Crippen LogP contribution in [0.1, 0.15) is 18.4 Å². The second kappa shape index (κ2) is 9.00. The Bertz CT molecular complexity index is 1780. The summed E-state index contributed by atoms with van der Waals surface area (Å²) in [6.07, 6.45) is 7.86. The van der Waals surface area contributed by atoms with Crippen LogP contribution in [0, 0.1) is 5.82 Å². The molecular weight excluding hydrogens is 483 g/mol. The van der Waals surface area contributed by atoms with Gasteiger partial charge in [-0.2, -0.15) is 5.10 Å². The third kappa shape index (κ3) is 4.04. The third-order valence-electron chi connectivity index (χ3n) is 6.88. The van der Waals surface area contributed by atoms with Gasteiger partial charge in [0.15, 0.2) is 11.5 Å². The fourth-order valence-corrected chi connectivity index (χ4v) is 5.11. The van der Waals surface area contributed by atoms with Crippen molar-refractivity contribution in [2.75, 3.05) is 13.1 Å². The van der Waals surface area contributed by atoms with Crippen molar-refractivity contribution in [1.82, 2.24) is 40.0 Å². The summed E-state index contributed by atoms with van der Waals surface area (Å²) in [4.78, 5) is 24.3. The normalized spacial score (nSPS) is 14.1. The molecule has 10 heteroatoms. The number of halogens is 1. The molecule has 188 valence electrons. The first-order valence-electron chi connectivity index (χ1n) is 12.5. The van der Waals surface area contributed by atoms with Gasteiger partial charge in [0.1, 0.15) is 22.6 Å². The molecule has 0 aliphatic carbocycles. The van der Waals surface area contributed by atoms with E-state index in [-0.39, 0.29) is 5.75 Å². The fraction of sp³-hybridized carbons (Fsp3) is 0.179. The largest absolute Gasteiger partial charge is 0.508 e. The zero-order valence-corrected chi connectivity index (χ0v) is 20.3. The molecule has 0 unspecified atom stereocenters. The van der Waals surface area contributed by atoms with E-state index in [9.17, 15) is 9.50 Å². The maximum absolute atomic E-state index is 14.0. The Morgan fingerprint density at radius 3 is 2.63 bits per heavy atom. The van der Waals surface area contributed by atoms with E-state index in [1.54, 1.807) is 12.3 Å². The summed E-state index contributed by atoms with van der Waals surface area (Å²) in [5.41, 5.74) is 7.05. The smallest absolute Gasteiger partial charge is 0.161 e. The summed E-state index contributed by atoms with van der Waals surface area (Å²) < 4.78 is 14.0. The van der Waals surface area contributed by atoms with E-state index in [0.29, 0.717) is 39.3 Å². The maximum Gasteiger partial charge on any atom is 0.161 e. The first-order valence-corrected chi connectivity index (χ1v) is 12.5. The number of likely N-dealkylation sites (tertiary alicyclic amines) is 1. The van der Waals surface area contributed by atoms with Crippen LogP contribution in [0.5, 0.6) is 5.75 Å². The average Bonchev–Trinajstić information content (AvgIpc) is 3.67. The van der Waals surface area contributed by atoms with Gasteiger partial charge in [-0.1, -0.05) is 0 Å². The number of aromatic nitrogens is 7. The summed E-state index contributed by atoms with van der Waals surface area (Å²) >= 11 is 0. The van der Waals surface area contributed by atoms with Gasteiger partial charge in [-0.3, -0.25) is 20.0 Å². The Labute approximate surface area is 216 Å². The van der Waals surface area contributed by atoms with Crippen molar-refractivity contribution in [2.45, 2.75) is 19.4 Å². The maximum atomic E-state index is 14.0. The minimum Gasteiger partial charge on any atom is -0.508 e. The van der Waals surface area contributed by atoms with E-state index in [1.165, 1.54) is 30.5 Å². The fourth-order valence-electron chi connectivity index (χ4n) is 5.11. The molecule has 1 aliphatic rings. The van der Waals surface area contributed by atoms with E-state index >= 15 is 0 Å². The van der Waals surface area contributed by atoms with Crippen LogP contribution >= 0.6 is 0 Å². The molecule has 0 atom stereocenters. The average molecular weight is 507 g/mol. The van der Waals surface area contributed by atoms with Gasteiger partial charge in [-0.25, -0.2) is 14.4 Å². The Balaban J connectivity index is 1.28. The molecule has 6 heterocycles. The second-order valence-corrected chi connectivity index (χ2v) is 9.57. The van der Waals surface area contributed by atoms with E-state index in [0.717, 1.165) is 42.5 Å². The van der Waals surface area contributed by atoms with Crippen molar-refractivity contribution in [2.24, 2.45) is 0 Å². The Morgan fingerprint density at radius 2 is 1.76 bits per heavy atom. The predicted molar refractivity (Wildman–Crippen MR) is 142 cm³/mol. The first kappa shape index (κ1) is 22.5. The molecule has 5 aromatic heterocycles. The molecule has 0 amide bonds. The second-order valence-electron chi connectivity index (χ2n) is 9.57. The van der Waals surface area contributed by atoms with Crippen molar-refractivity contribution >= 4 is 22.1 Å². The number of aromatic hydroxyl groups is 1. The van der Waals surface area contributed by atoms with E-state index in [1.807, 2.05) is 24.5 Å². The molecule has 0 bridgehead atoms. The summed E-state index contributed by atoms with van der Waals surface area (Å²) in [6.45, 7) is 3.14. The van der Waals surface area contributed by atoms with Gasteiger partial charge in [-0.15, -0.1) is 0 Å². The quantitative estimate of drug-likeness (QED) is 0.299. The molecule has 1 aliphatic heterocycles. The number of imidazole rings is 1. The zero-order chi connectivity index (χ0) is 25.6. The number of benzene rings is 1. The summed E-state index contributed by atoms with van der Waals surface area (Å²) in [7, 11) is 0. The SMILES string of the molecule is Oc1cc(F)cc(-c2nccc3[nH]c(-c4n[nH]c5ccc(-c6cncc(CN7CCCC7)c6)nc45)nc23)c1. The van der Waals surface area contributed by atoms with E-state index < -0.39 is 5.82 Å². The molecule has 3 N–H and O–H groups in total. The molecule has 0 saturated carbocycles. The van der Waals surface area contributed by atoms with E-state index in [2.05, 4.69) is 36.1 Å². The van der Waals surface area contributed by atoms with Gasteiger partial charge >= 0.3 is 0 Å². The molecule has 7 rings (SSSR count). The van der Waals surface area contributed by atoms with Crippen LogP contribution in [0.25, 0.3) is 56.1 Å². The number of hydrogen-bond donors (Lipinski definition) is 3. The van der Waals surface area contributed by atoms with E-state index in [4.69, 9.17) is 9.97 Å². The van der Waals surface area contributed by atoms with Gasteiger partial charge in [0.2, 0.25) is 0 Å². The highest BCUT2D eigenvalue weighted by Crippen LogP contribution is 2.32. The van der Waals surface area contributed by atoms with Gasteiger partial charge in [0.25, 0.3) is 0 Å². The lowest BCUT2D eigenvalue weighted by Crippen LogP contribution is -2.18. The molecule has 1 fully saturated rings. The minimum absolute atomic E-state index is 0.177. The lowest BCUT2D eigenvalue weighted by atomic mass is 10.1. The number of phenolic OH excluding ortho intramolecular Hbond substituents is 1. The van der Waals surface area contributed by atoms with Crippen molar-refractivity contribution in [3.05, 3.63) is 72.4 Å². The van der Waals surface area contributed by atoms with Crippen LogP contribution in [0.3, 0.4) is 0 Å². The highest BCUT2D eigenvalue weighted by atomic mass is 19.1. The number of phenols is 1. The molecule has 1 aromatic carbocycles. The molecule has 0 radical (unpaired) electrons. The molecule has 38 heavy (non-hydrogen) atoms. The third-order valence-corrected chi connectivity index (χ3v) is 6.88. The Hall–Kier alpha value is -4.70. The monoisotopic (exact) mass is 506 g/mol. The molecular formula is C28H23FN8O. The first-order chi connectivity index (χ1) is 18.6. The molecule has 9 nitrogen and oxygen atoms in total. The molecule has 0 spiro atoms. The van der Waals surface area contributed by atoms with Crippen molar-refractivity contribution in [3.8, 4) is 39.8 Å². The van der Waals surface area contributed by atoms with Gasteiger partial charge in [0.05, 0.1) is 22.4 Å². The Kier molecular flexibility index (Phi) is 5.33. The number of nitrogens with one attached hydrogen (secondary N) is 2. The highest BCUT2D eigenvalue weighted by Gasteiger charge is 2.18. The van der Waals surface area contributed by atoms with Crippen LogP contribution in [-0.2, 0) is 6.54 Å². The number of pyridine rings is 3. The zero-order valence-electron chi connectivity index (χ0n) is 20.3. The van der Waals surface area contributed by atoms with Crippen LogP contribution in [0.4, 0.5) is 4.39 Å². The number of nitrogens with zero attached hydrogens (tertiary/aromatic N) is 6. The highest BCUT2D eigenvalue weighted by molar-refractivity contribution is 5.95. The van der Waals surface area contributed by atoms with Gasteiger partial charge < -0.3 is 10.1 Å². The number of fused-ring (bicyclic) bond motifs is 2. The van der Waals surface area contributed by atoms with Crippen molar-refractivity contribution < 1.29 is 9.50 Å². The van der Waals surface area contributed by atoms with Crippen molar-refractivity contribution in [3.63, 3.8) is 0 Å². The number of H-pyrrole nitrogens is 2. The van der Waals surface area contributed by atoms with Crippen LogP contribution in [0.2, 0.25) is 0 Å². The van der Waals surface area contributed by atoms with Crippen LogP contribution < -0.4 is 0 Å². The topological polar surface area (TPSA) is 120 Å². The van der Waals surface area contributed by atoms with Gasteiger partial charge in [0, 0.05) is 42.3 Å². The predicted octanol–water partition coefficient (Wildman–Crippen LogP) is 5.07. The number of rotatable bonds is 5. The van der Waals surface area contributed by atoms with Crippen LogP contribution in [0.15, 0.2) is 61.1 Å². The summed E-state index contributed by atoms with van der Waals surface area (Å²) in [6, 6.07) is 11.7. The van der Waals surface area contributed by atoms with Crippen LogP contribution in [-0.4, -0.2) is 58.2 Å². The minimum atomic E-state index is -0.552. The Morgan fingerprint density at radius 1 is 0.895 bits per heavy atom. The number of aromatic amines is 2. The number of hydrogen-bond acceptors (Lipinski definition) is 7. The van der Waals surface area contributed by atoms with Gasteiger partial charge in [-0.05, 0) is 67.9 Å². The van der Waals surface area contributed by atoms with Crippen molar-refractivity contribution in [1.29, 1.82) is 0 Å².